The first-order valence-electron chi connectivity index (χ1n) is 22.8. The van der Waals surface area contributed by atoms with Gasteiger partial charge in [0.15, 0.2) is 0 Å². The van der Waals surface area contributed by atoms with Crippen molar-refractivity contribution in [2.24, 2.45) is 5.73 Å². The molecule has 0 saturated heterocycles. The van der Waals surface area contributed by atoms with Crippen LogP contribution in [0.25, 0.3) is 0 Å². The maximum atomic E-state index is 12.8. The van der Waals surface area contributed by atoms with Crippen molar-refractivity contribution in [2.75, 3.05) is 19.8 Å². The van der Waals surface area contributed by atoms with Gasteiger partial charge in [-0.2, -0.15) is 0 Å². The molecule has 0 radical (unpaired) electrons. The largest absolute Gasteiger partial charge is 0.472 e. The Bertz CT molecular complexity index is 845. The zero-order chi connectivity index (χ0) is 38.9. The molecule has 0 aliphatic rings. The van der Waals surface area contributed by atoms with Gasteiger partial charge in [-0.25, -0.2) is 4.57 Å². The first-order chi connectivity index (χ1) is 25.9. The molecule has 0 fully saturated rings. The van der Waals surface area contributed by atoms with Gasteiger partial charge >= 0.3 is 7.82 Å². The van der Waals surface area contributed by atoms with Crippen LogP contribution in [-0.2, 0) is 18.4 Å². The van der Waals surface area contributed by atoms with E-state index in [1.807, 2.05) is 6.08 Å². The van der Waals surface area contributed by atoms with Crippen LogP contribution >= 0.6 is 7.82 Å². The molecule has 0 aromatic rings. The summed E-state index contributed by atoms with van der Waals surface area (Å²) in [4.78, 5) is 22.7. The molecule has 0 rings (SSSR count). The van der Waals surface area contributed by atoms with Gasteiger partial charge in [0, 0.05) is 13.0 Å². The van der Waals surface area contributed by atoms with Crippen LogP contribution in [0.15, 0.2) is 12.2 Å². The van der Waals surface area contributed by atoms with E-state index in [1.54, 1.807) is 6.08 Å². The minimum absolute atomic E-state index is 0.0815. The van der Waals surface area contributed by atoms with Crippen LogP contribution in [0.2, 0.25) is 0 Å². The Kier molecular flexibility index (Phi) is 40.3. The fourth-order valence-electron chi connectivity index (χ4n) is 6.90. The minimum atomic E-state index is -4.33. The predicted molar refractivity (Wildman–Crippen MR) is 226 cm³/mol. The molecule has 0 heterocycles. The Labute approximate surface area is 328 Å². The summed E-state index contributed by atoms with van der Waals surface area (Å²) in [6.07, 6.45) is 45.4. The topological polar surface area (TPSA) is 131 Å². The van der Waals surface area contributed by atoms with E-state index in [9.17, 15) is 19.4 Å². The number of carbonyl (C=O) groups is 1. The van der Waals surface area contributed by atoms with Gasteiger partial charge in [-0.05, 0) is 19.3 Å². The second-order valence-electron chi connectivity index (χ2n) is 15.6. The summed E-state index contributed by atoms with van der Waals surface area (Å²) in [5, 5.41) is 13.7. The van der Waals surface area contributed by atoms with E-state index in [0.717, 1.165) is 38.5 Å². The Hall–Kier alpha value is -0.760. The highest BCUT2D eigenvalue weighted by molar-refractivity contribution is 7.47. The highest BCUT2D eigenvalue weighted by Crippen LogP contribution is 2.43. The summed E-state index contributed by atoms with van der Waals surface area (Å²) >= 11 is 0. The van der Waals surface area contributed by atoms with Gasteiger partial charge in [0.1, 0.15) is 0 Å². The molecule has 3 atom stereocenters. The van der Waals surface area contributed by atoms with E-state index < -0.39 is 20.0 Å². The van der Waals surface area contributed by atoms with Crippen molar-refractivity contribution in [3.8, 4) is 0 Å². The number of hydrogen-bond acceptors (Lipinski definition) is 6. The van der Waals surface area contributed by atoms with Gasteiger partial charge in [-0.1, -0.05) is 219 Å². The summed E-state index contributed by atoms with van der Waals surface area (Å²) in [6, 6.07) is -0.854. The molecule has 9 heteroatoms. The highest BCUT2D eigenvalue weighted by atomic mass is 31.2. The van der Waals surface area contributed by atoms with Gasteiger partial charge in [-0.15, -0.1) is 0 Å². The number of phosphoric acid groups is 1. The number of aliphatic hydroxyl groups excluding tert-OH is 1. The standard InChI is InChI=1S/C44H89N2O6P/c1-3-5-7-9-11-13-15-17-19-21-23-25-27-29-31-33-35-37-43(47)42(41-52-53(49,50)51-40-39-45)46-44(48)38-36-34-32-30-28-26-24-22-20-18-16-14-12-10-8-6-4-2/h35,37,42-43,47H,3-34,36,38-41,45H2,1-2H3,(H,46,48)(H,49,50)/b37-35+. The third kappa shape index (κ3) is 39.3. The fourth-order valence-corrected chi connectivity index (χ4v) is 7.66. The molecule has 1 amide bonds. The van der Waals surface area contributed by atoms with E-state index in [0.29, 0.717) is 6.42 Å². The molecule has 316 valence electrons. The summed E-state index contributed by atoms with van der Waals surface area (Å²) in [5.41, 5.74) is 5.38. The van der Waals surface area contributed by atoms with Crippen molar-refractivity contribution in [3.63, 3.8) is 0 Å². The van der Waals surface area contributed by atoms with Gasteiger partial charge in [0.05, 0.1) is 25.4 Å². The molecule has 0 spiro atoms. The van der Waals surface area contributed by atoms with Crippen LogP contribution in [0.5, 0.6) is 0 Å². The molecule has 8 nitrogen and oxygen atoms in total. The van der Waals surface area contributed by atoms with Gasteiger partial charge in [0.25, 0.3) is 0 Å². The molecular formula is C44H89N2O6P. The predicted octanol–water partition coefficient (Wildman–Crippen LogP) is 12.8. The smallest absolute Gasteiger partial charge is 0.387 e. The van der Waals surface area contributed by atoms with E-state index >= 15 is 0 Å². The van der Waals surface area contributed by atoms with E-state index in [2.05, 4.69) is 19.2 Å². The average molecular weight is 773 g/mol. The first kappa shape index (κ1) is 52.2. The highest BCUT2D eigenvalue weighted by Gasteiger charge is 2.26. The Morgan fingerprint density at radius 3 is 1.34 bits per heavy atom. The second kappa shape index (κ2) is 40.9. The lowest BCUT2D eigenvalue weighted by atomic mass is 10.0. The maximum Gasteiger partial charge on any atom is 0.472 e. The lowest BCUT2D eigenvalue weighted by Crippen LogP contribution is -2.45. The van der Waals surface area contributed by atoms with Crippen molar-refractivity contribution in [3.05, 3.63) is 12.2 Å². The third-order valence-corrected chi connectivity index (χ3v) is 11.3. The molecule has 0 aromatic heterocycles. The molecule has 53 heavy (non-hydrogen) atoms. The number of hydrogen-bond donors (Lipinski definition) is 4. The van der Waals surface area contributed by atoms with Crippen LogP contribution < -0.4 is 11.1 Å². The number of allylic oxidation sites excluding steroid dienone is 1. The third-order valence-electron chi connectivity index (χ3n) is 10.4. The van der Waals surface area contributed by atoms with Crippen molar-refractivity contribution in [1.82, 2.24) is 5.32 Å². The number of carbonyl (C=O) groups excluding carboxylic acids is 1. The molecule has 3 unspecified atom stereocenters. The van der Waals surface area contributed by atoms with Gasteiger partial charge in [-0.3, -0.25) is 13.8 Å². The Morgan fingerprint density at radius 1 is 0.604 bits per heavy atom. The molecule has 0 bridgehead atoms. The summed E-state index contributed by atoms with van der Waals surface area (Å²) in [6.45, 7) is 4.17. The number of nitrogens with one attached hydrogen (secondary N) is 1. The summed E-state index contributed by atoms with van der Waals surface area (Å²) in [5.74, 6) is -0.190. The number of nitrogens with two attached hydrogens (primary N) is 1. The summed E-state index contributed by atoms with van der Waals surface area (Å²) < 4.78 is 22.1. The van der Waals surface area contributed by atoms with Crippen molar-refractivity contribution < 1.29 is 28.4 Å². The number of phosphoric ester groups is 1. The Balaban J connectivity index is 4.16. The molecule has 0 aliphatic heterocycles. The lowest BCUT2D eigenvalue weighted by Gasteiger charge is -2.23. The fraction of sp³-hybridized carbons (Fsp3) is 0.932. The quantitative estimate of drug-likeness (QED) is 0.0276. The SMILES string of the molecule is CCCCCCCCCCCCCCCCC/C=C/C(O)C(COP(=O)(O)OCCN)NC(=O)CCCCCCCCCCCCCCCCCCC. The Morgan fingerprint density at radius 2 is 0.962 bits per heavy atom. The number of amides is 1. The number of rotatable bonds is 43. The molecular weight excluding hydrogens is 683 g/mol. The average Bonchev–Trinajstić information content (AvgIpc) is 3.14. The van der Waals surface area contributed by atoms with E-state index in [4.69, 9.17) is 14.8 Å². The second-order valence-corrected chi connectivity index (χ2v) is 17.1. The van der Waals surface area contributed by atoms with Gasteiger partial charge in [0.2, 0.25) is 5.91 Å². The van der Waals surface area contributed by atoms with Crippen molar-refractivity contribution >= 4 is 13.7 Å². The normalized spacial score (nSPS) is 14.1. The van der Waals surface area contributed by atoms with Crippen molar-refractivity contribution in [1.29, 1.82) is 0 Å². The molecule has 0 aliphatic carbocycles. The number of unbranched alkanes of at least 4 members (excludes halogenated alkanes) is 31. The zero-order valence-electron chi connectivity index (χ0n) is 35.0. The van der Waals surface area contributed by atoms with Crippen molar-refractivity contribution in [2.45, 2.75) is 244 Å². The van der Waals surface area contributed by atoms with Crippen LogP contribution in [0.3, 0.4) is 0 Å². The van der Waals surface area contributed by atoms with Gasteiger partial charge < -0.3 is 21.1 Å². The molecule has 5 N–H and O–H groups in total. The minimum Gasteiger partial charge on any atom is -0.387 e. The van der Waals surface area contributed by atoms with E-state index in [-0.39, 0.29) is 25.7 Å². The first-order valence-corrected chi connectivity index (χ1v) is 24.3. The van der Waals surface area contributed by atoms with E-state index in [1.165, 1.54) is 173 Å². The van der Waals surface area contributed by atoms with Crippen LogP contribution in [0.4, 0.5) is 0 Å². The molecule has 0 aromatic carbocycles. The zero-order valence-corrected chi connectivity index (χ0v) is 35.9. The summed E-state index contributed by atoms with van der Waals surface area (Å²) in [7, 11) is -4.33. The monoisotopic (exact) mass is 773 g/mol. The van der Waals surface area contributed by atoms with Crippen LogP contribution in [-0.4, -0.2) is 47.8 Å². The van der Waals surface area contributed by atoms with Crippen LogP contribution in [0, 0.1) is 0 Å². The van der Waals surface area contributed by atoms with Crippen LogP contribution in [0.1, 0.15) is 232 Å². The number of aliphatic hydroxyl groups is 1. The lowest BCUT2D eigenvalue weighted by molar-refractivity contribution is -0.123. The molecule has 0 saturated carbocycles. The maximum absolute atomic E-state index is 12.8.